The number of halogens is 1. The van der Waals surface area contributed by atoms with Gasteiger partial charge in [-0.05, 0) is 25.5 Å². The zero-order valence-corrected chi connectivity index (χ0v) is 13.5. The predicted octanol–water partition coefficient (Wildman–Crippen LogP) is 2.58. The first kappa shape index (κ1) is 16.0. The Bertz CT molecular complexity index is 580. The van der Waals surface area contributed by atoms with Crippen LogP contribution in [0.1, 0.15) is 45.5 Å². The van der Waals surface area contributed by atoms with E-state index >= 15 is 0 Å². The second-order valence-corrected chi connectivity index (χ2v) is 6.35. The third-order valence-electron chi connectivity index (χ3n) is 3.57. The van der Waals surface area contributed by atoms with Gasteiger partial charge in [0.15, 0.2) is 11.5 Å². The molecule has 1 atom stereocenters. The molecule has 0 aromatic carbocycles. The molecule has 0 aliphatic carbocycles. The Morgan fingerprint density at radius 3 is 2.81 bits per heavy atom. The maximum atomic E-state index is 5.33. The summed E-state index contributed by atoms with van der Waals surface area (Å²) in [5.41, 5.74) is 0.635. The quantitative estimate of drug-likeness (QED) is 0.923. The molecule has 1 N–H and O–H groups in total. The van der Waals surface area contributed by atoms with Gasteiger partial charge in [-0.2, -0.15) is 10.1 Å². The summed E-state index contributed by atoms with van der Waals surface area (Å²) in [7, 11) is 0. The fourth-order valence-corrected chi connectivity index (χ4v) is 2.35. The van der Waals surface area contributed by atoms with Crippen LogP contribution in [-0.2, 0) is 5.41 Å². The summed E-state index contributed by atoms with van der Waals surface area (Å²) in [4.78, 5) is 4.44. The number of hydrogen-bond acceptors (Lipinski definition) is 5. The molecule has 3 rings (SSSR count). The van der Waals surface area contributed by atoms with Crippen molar-refractivity contribution in [1.82, 2.24) is 25.2 Å². The topological polar surface area (TPSA) is 68.8 Å². The van der Waals surface area contributed by atoms with E-state index in [-0.39, 0.29) is 17.8 Å². The Morgan fingerprint density at radius 2 is 2.19 bits per heavy atom. The molecule has 3 heterocycles. The molecule has 1 fully saturated rings. The Labute approximate surface area is 130 Å². The van der Waals surface area contributed by atoms with E-state index in [1.54, 1.807) is 0 Å². The summed E-state index contributed by atoms with van der Waals surface area (Å²) < 4.78 is 7.33. The average molecular weight is 312 g/mol. The van der Waals surface area contributed by atoms with Crippen LogP contribution in [0.25, 0.3) is 11.6 Å². The highest BCUT2D eigenvalue weighted by atomic mass is 35.5. The van der Waals surface area contributed by atoms with Gasteiger partial charge in [0.05, 0.1) is 6.04 Å². The summed E-state index contributed by atoms with van der Waals surface area (Å²) >= 11 is 0. The lowest BCUT2D eigenvalue weighted by Crippen LogP contribution is -2.31. The molecule has 1 unspecified atom stereocenters. The Kier molecular flexibility index (Phi) is 4.68. The van der Waals surface area contributed by atoms with Crippen molar-refractivity contribution in [2.24, 2.45) is 0 Å². The van der Waals surface area contributed by atoms with Gasteiger partial charge in [-0.15, -0.1) is 12.4 Å². The molecule has 0 bridgehead atoms. The van der Waals surface area contributed by atoms with Crippen molar-refractivity contribution in [2.45, 2.75) is 45.1 Å². The molecule has 21 heavy (non-hydrogen) atoms. The number of piperidine rings is 1. The normalized spacial score (nSPS) is 19.3. The van der Waals surface area contributed by atoms with E-state index in [0.29, 0.717) is 17.8 Å². The minimum Gasteiger partial charge on any atom is -0.332 e. The summed E-state index contributed by atoms with van der Waals surface area (Å²) in [6, 6.07) is 2.36. The van der Waals surface area contributed by atoms with E-state index in [0.717, 1.165) is 25.2 Å². The van der Waals surface area contributed by atoms with Crippen molar-refractivity contribution >= 4 is 12.4 Å². The summed E-state index contributed by atoms with van der Waals surface area (Å²) in [6.45, 7) is 8.26. The van der Waals surface area contributed by atoms with Crippen LogP contribution >= 0.6 is 12.4 Å². The van der Waals surface area contributed by atoms with Crippen molar-refractivity contribution in [3.8, 4) is 11.6 Å². The number of hydrogen-bond donors (Lipinski definition) is 1. The first-order chi connectivity index (χ1) is 9.54. The van der Waals surface area contributed by atoms with Crippen LogP contribution in [0.3, 0.4) is 0 Å². The smallest absolute Gasteiger partial charge is 0.278 e. The number of nitrogens with zero attached hydrogens (tertiary/aromatic N) is 4. The molecule has 0 radical (unpaired) electrons. The zero-order chi connectivity index (χ0) is 14.2. The van der Waals surface area contributed by atoms with Gasteiger partial charge < -0.3 is 9.84 Å². The van der Waals surface area contributed by atoms with Gasteiger partial charge in [-0.3, -0.25) is 4.68 Å². The minimum absolute atomic E-state index is 0. The van der Waals surface area contributed by atoms with Crippen LogP contribution in [0.4, 0.5) is 0 Å². The van der Waals surface area contributed by atoms with Crippen molar-refractivity contribution in [3.63, 3.8) is 0 Å². The summed E-state index contributed by atoms with van der Waals surface area (Å²) in [5.74, 6) is 1.21. The molecule has 6 nitrogen and oxygen atoms in total. The lowest BCUT2D eigenvalue weighted by molar-refractivity contribution is 0.346. The Morgan fingerprint density at radius 1 is 1.38 bits per heavy atom. The van der Waals surface area contributed by atoms with E-state index in [4.69, 9.17) is 4.52 Å². The van der Waals surface area contributed by atoms with Crippen molar-refractivity contribution in [2.75, 3.05) is 13.1 Å². The van der Waals surface area contributed by atoms with E-state index in [1.165, 1.54) is 6.42 Å². The molecule has 116 valence electrons. The van der Waals surface area contributed by atoms with Gasteiger partial charge >= 0.3 is 0 Å². The van der Waals surface area contributed by atoms with Gasteiger partial charge in [-0.1, -0.05) is 25.9 Å². The van der Waals surface area contributed by atoms with Crippen molar-refractivity contribution < 1.29 is 4.52 Å². The average Bonchev–Trinajstić information content (AvgIpc) is 3.08. The molecule has 0 saturated carbocycles. The fourth-order valence-electron chi connectivity index (χ4n) is 2.35. The molecular formula is C14H22ClN5O. The third-order valence-corrected chi connectivity index (χ3v) is 3.57. The summed E-state index contributed by atoms with van der Waals surface area (Å²) in [5, 5.41) is 12.0. The van der Waals surface area contributed by atoms with Gasteiger partial charge in [0.2, 0.25) is 0 Å². The van der Waals surface area contributed by atoms with E-state index in [9.17, 15) is 0 Å². The van der Waals surface area contributed by atoms with Crippen LogP contribution in [0, 0.1) is 0 Å². The maximum Gasteiger partial charge on any atom is 0.278 e. The predicted molar refractivity (Wildman–Crippen MR) is 82.6 cm³/mol. The lowest BCUT2D eigenvalue weighted by atomic mass is 9.96. The molecule has 7 heteroatoms. The van der Waals surface area contributed by atoms with E-state index in [2.05, 4.69) is 41.3 Å². The molecule has 2 aromatic rings. The second-order valence-electron chi connectivity index (χ2n) is 6.35. The van der Waals surface area contributed by atoms with Crippen LogP contribution < -0.4 is 5.32 Å². The molecular weight excluding hydrogens is 290 g/mol. The monoisotopic (exact) mass is 311 g/mol. The van der Waals surface area contributed by atoms with Crippen molar-refractivity contribution in [3.05, 3.63) is 18.1 Å². The SMILES string of the molecule is CC(C)(C)c1noc(-c2ccn(C3CCCNC3)n2)n1.Cl. The molecule has 1 saturated heterocycles. The highest BCUT2D eigenvalue weighted by Crippen LogP contribution is 2.24. The number of rotatable bonds is 2. The molecule has 1 aliphatic rings. The van der Waals surface area contributed by atoms with Crippen LogP contribution in [-0.4, -0.2) is 33.0 Å². The van der Waals surface area contributed by atoms with Crippen LogP contribution in [0.2, 0.25) is 0 Å². The van der Waals surface area contributed by atoms with Crippen molar-refractivity contribution in [1.29, 1.82) is 0 Å². The minimum atomic E-state index is -0.113. The first-order valence-corrected chi connectivity index (χ1v) is 7.14. The van der Waals surface area contributed by atoms with Gasteiger partial charge in [0.25, 0.3) is 5.89 Å². The molecule has 0 spiro atoms. The maximum absolute atomic E-state index is 5.33. The van der Waals surface area contributed by atoms with E-state index < -0.39 is 0 Å². The van der Waals surface area contributed by atoms with Crippen LogP contribution in [0.5, 0.6) is 0 Å². The van der Waals surface area contributed by atoms with E-state index in [1.807, 2.05) is 16.9 Å². The molecule has 0 amide bonds. The van der Waals surface area contributed by atoms with Crippen LogP contribution in [0.15, 0.2) is 16.8 Å². The zero-order valence-electron chi connectivity index (χ0n) is 12.7. The lowest BCUT2D eigenvalue weighted by Gasteiger charge is -2.22. The fraction of sp³-hybridized carbons (Fsp3) is 0.643. The standard InChI is InChI=1S/C14H21N5O.ClH/c1-14(2,3)13-16-12(20-18-13)11-6-8-19(17-11)10-5-4-7-15-9-10;/h6,8,10,15H,4-5,7,9H2,1-3H3;1H. The number of aromatic nitrogens is 4. The first-order valence-electron chi connectivity index (χ1n) is 7.14. The Balaban J connectivity index is 0.00000161. The number of nitrogens with one attached hydrogen (secondary N) is 1. The molecule has 1 aliphatic heterocycles. The van der Waals surface area contributed by atoms with Gasteiger partial charge in [0, 0.05) is 18.2 Å². The summed E-state index contributed by atoms with van der Waals surface area (Å²) in [6.07, 6.45) is 4.34. The second kappa shape index (κ2) is 6.15. The van der Waals surface area contributed by atoms with Gasteiger partial charge in [-0.25, -0.2) is 0 Å². The Hall–Kier alpha value is -1.40. The highest BCUT2D eigenvalue weighted by molar-refractivity contribution is 5.85. The largest absolute Gasteiger partial charge is 0.332 e. The highest BCUT2D eigenvalue weighted by Gasteiger charge is 2.23. The third kappa shape index (κ3) is 3.44. The molecule has 2 aromatic heterocycles. The van der Waals surface area contributed by atoms with Gasteiger partial charge in [0.1, 0.15) is 0 Å².